The summed E-state index contributed by atoms with van der Waals surface area (Å²) in [5, 5.41) is 10.4. The van der Waals surface area contributed by atoms with Crippen LogP contribution in [0.3, 0.4) is 0 Å². The Bertz CT molecular complexity index is 659. The van der Waals surface area contributed by atoms with Gasteiger partial charge in [0.05, 0.1) is 24.9 Å². The van der Waals surface area contributed by atoms with Gasteiger partial charge in [0, 0.05) is 0 Å². The average molecular weight is 439 g/mol. The molecule has 1 aliphatic rings. The molecule has 3 nitrogen and oxygen atoms in total. The number of aliphatic hydroxyl groups excluding tert-OH is 1. The molecular formula is C24H46O3Si2. The molecule has 0 unspecified atom stereocenters. The van der Waals surface area contributed by atoms with Crippen molar-refractivity contribution >= 4 is 16.6 Å². The van der Waals surface area contributed by atoms with Crippen LogP contribution in [-0.2, 0) is 8.85 Å². The zero-order valence-corrected chi connectivity index (χ0v) is 23.1. The third kappa shape index (κ3) is 6.95. The maximum Gasteiger partial charge on any atom is 0.250 e. The quantitative estimate of drug-likeness (QED) is 0.342. The van der Waals surface area contributed by atoms with Crippen LogP contribution in [0.4, 0.5) is 0 Å². The van der Waals surface area contributed by atoms with E-state index in [9.17, 15) is 5.11 Å². The van der Waals surface area contributed by atoms with Gasteiger partial charge in [-0.05, 0) is 60.8 Å². The molecule has 29 heavy (non-hydrogen) atoms. The standard InChI is InChI=1S/C24H46O3Si2/c1-18-13-20(16-25)21(22(15-18)27-29(11,12)24(6,7)8)14-19(2)17-26-28(9,10)23(3,4)5/h13-15,18,21,25H,16-17H2,1-12H3/b19-14+/t18-,21+/m0/s1. The second-order valence-electron chi connectivity index (χ2n) is 11.7. The van der Waals surface area contributed by atoms with Crippen molar-refractivity contribution in [2.45, 2.75) is 91.7 Å². The highest BCUT2D eigenvalue weighted by Gasteiger charge is 2.41. The summed E-state index contributed by atoms with van der Waals surface area (Å²) in [5.74, 6) is 1.26. The molecule has 0 aromatic heterocycles. The Morgan fingerprint density at radius 1 is 1.00 bits per heavy atom. The zero-order chi connectivity index (χ0) is 22.8. The van der Waals surface area contributed by atoms with Crippen molar-refractivity contribution in [1.29, 1.82) is 0 Å². The fraction of sp³-hybridized carbons (Fsp3) is 0.750. The van der Waals surface area contributed by atoms with E-state index in [1.54, 1.807) is 0 Å². The minimum Gasteiger partial charge on any atom is -0.546 e. The lowest BCUT2D eigenvalue weighted by Gasteiger charge is -2.40. The average Bonchev–Trinajstić information content (AvgIpc) is 2.52. The van der Waals surface area contributed by atoms with E-state index in [2.05, 4.69) is 99.8 Å². The molecule has 0 aromatic rings. The number of allylic oxidation sites excluding steroid dienone is 3. The van der Waals surface area contributed by atoms with E-state index in [-0.39, 0.29) is 28.5 Å². The van der Waals surface area contributed by atoms with E-state index in [1.807, 2.05) is 0 Å². The van der Waals surface area contributed by atoms with Crippen LogP contribution in [0.15, 0.2) is 35.1 Å². The Morgan fingerprint density at radius 2 is 1.52 bits per heavy atom. The first-order valence-corrected chi connectivity index (χ1v) is 16.8. The summed E-state index contributed by atoms with van der Waals surface area (Å²) in [7, 11) is -3.75. The van der Waals surface area contributed by atoms with Crippen LogP contribution in [0, 0.1) is 11.8 Å². The summed E-state index contributed by atoms with van der Waals surface area (Å²) in [4.78, 5) is 0. The highest BCUT2D eigenvalue weighted by molar-refractivity contribution is 6.74. The summed E-state index contributed by atoms with van der Waals surface area (Å²) in [5.41, 5.74) is 2.22. The Kier molecular flexibility index (Phi) is 8.42. The van der Waals surface area contributed by atoms with Crippen LogP contribution in [0.5, 0.6) is 0 Å². The van der Waals surface area contributed by atoms with Crippen molar-refractivity contribution < 1.29 is 14.0 Å². The summed E-state index contributed by atoms with van der Waals surface area (Å²) < 4.78 is 13.1. The van der Waals surface area contributed by atoms with Gasteiger partial charge in [-0.2, -0.15) is 0 Å². The monoisotopic (exact) mass is 438 g/mol. The highest BCUT2D eigenvalue weighted by Crippen LogP contribution is 2.42. The predicted octanol–water partition coefficient (Wildman–Crippen LogP) is 7.04. The SMILES string of the molecule is C/C(=C\[C@@H]1C(CO)=C[C@H](C)C=C1O[Si](C)(C)C(C)(C)C)CO[Si](C)(C)C(C)(C)C. The minimum atomic E-state index is -1.96. The fourth-order valence-electron chi connectivity index (χ4n) is 2.76. The van der Waals surface area contributed by atoms with E-state index < -0.39 is 16.6 Å². The normalized spacial score (nSPS) is 22.3. The maximum absolute atomic E-state index is 10.0. The van der Waals surface area contributed by atoms with E-state index in [0.717, 1.165) is 11.3 Å². The summed E-state index contributed by atoms with van der Waals surface area (Å²) in [6, 6.07) is 0. The van der Waals surface area contributed by atoms with Crippen molar-refractivity contribution in [1.82, 2.24) is 0 Å². The van der Waals surface area contributed by atoms with E-state index in [0.29, 0.717) is 6.61 Å². The lowest BCUT2D eigenvalue weighted by Crippen LogP contribution is -2.42. The molecule has 0 saturated heterocycles. The van der Waals surface area contributed by atoms with Gasteiger partial charge in [-0.15, -0.1) is 0 Å². The first-order chi connectivity index (χ1) is 12.9. The first kappa shape index (κ1) is 26.4. The van der Waals surface area contributed by atoms with Gasteiger partial charge in [-0.3, -0.25) is 0 Å². The van der Waals surface area contributed by atoms with Gasteiger partial charge in [0.25, 0.3) is 0 Å². The molecule has 0 spiro atoms. The van der Waals surface area contributed by atoms with Crippen molar-refractivity contribution in [3.63, 3.8) is 0 Å². The molecule has 2 atom stereocenters. The Morgan fingerprint density at radius 3 is 1.97 bits per heavy atom. The maximum atomic E-state index is 10.0. The summed E-state index contributed by atoms with van der Waals surface area (Å²) in [6.45, 7) is 27.7. The van der Waals surface area contributed by atoms with Crippen molar-refractivity contribution in [3.8, 4) is 0 Å². The Hall–Kier alpha value is -0.626. The van der Waals surface area contributed by atoms with Gasteiger partial charge >= 0.3 is 0 Å². The molecule has 1 aliphatic carbocycles. The molecule has 168 valence electrons. The van der Waals surface area contributed by atoms with Crippen LogP contribution < -0.4 is 0 Å². The summed E-state index contributed by atoms with van der Waals surface area (Å²) >= 11 is 0. The number of aliphatic hydroxyl groups is 1. The third-order valence-corrected chi connectivity index (χ3v) is 15.7. The molecule has 5 heteroatoms. The first-order valence-electron chi connectivity index (χ1n) is 10.9. The Balaban J connectivity index is 3.13. The molecule has 0 amide bonds. The fourth-order valence-corrected chi connectivity index (χ4v) is 4.88. The molecular weight excluding hydrogens is 392 g/mol. The van der Waals surface area contributed by atoms with E-state index >= 15 is 0 Å². The van der Waals surface area contributed by atoms with Gasteiger partial charge in [0.1, 0.15) is 0 Å². The molecule has 0 saturated carbocycles. The van der Waals surface area contributed by atoms with E-state index in [1.165, 1.54) is 5.57 Å². The third-order valence-electron chi connectivity index (χ3n) is 6.89. The van der Waals surface area contributed by atoms with Crippen LogP contribution in [0.2, 0.25) is 36.3 Å². The molecule has 0 aromatic carbocycles. The van der Waals surface area contributed by atoms with Crippen molar-refractivity contribution in [2.24, 2.45) is 11.8 Å². The van der Waals surface area contributed by atoms with Gasteiger partial charge in [0.15, 0.2) is 8.32 Å². The van der Waals surface area contributed by atoms with Crippen molar-refractivity contribution in [3.05, 3.63) is 35.1 Å². The molecule has 0 bridgehead atoms. The zero-order valence-electron chi connectivity index (χ0n) is 21.1. The molecule has 0 radical (unpaired) electrons. The molecule has 0 fully saturated rings. The predicted molar refractivity (Wildman–Crippen MR) is 131 cm³/mol. The number of hydrogen-bond donors (Lipinski definition) is 1. The van der Waals surface area contributed by atoms with Gasteiger partial charge < -0.3 is 14.0 Å². The highest BCUT2D eigenvalue weighted by atomic mass is 28.4. The number of hydrogen-bond acceptors (Lipinski definition) is 3. The van der Waals surface area contributed by atoms with Crippen molar-refractivity contribution in [2.75, 3.05) is 13.2 Å². The summed E-state index contributed by atoms with van der Waals surface area (Å²) in [6.07, 6.45) is 6.63. The van der Waals surface area contributed by atoms with Crippen LogP contribution in [0.1, 0.15) is 55.4 Å². The number of rotatable bonds is 7. The van der Waals surface area contributed by atoms with Gasteiger partial charge in [0.2, 0.25) is 8.32 Å². The minimum absolute atomic E-state index is 0.00617. The van der Waals surface area contributed by atoms with Crippen LogP contribution >= 0.6 is 0 Å². The lowest BCUT2D eigenvalue weighted by atomic mass is 9.86. The smallest absolute Gasteiger partial charge is 0.250 e. The van der Waals surface area contributed by atoms with E-state index in [4.69, 9.17) is 8.85 Å². The van der Waals surface area contributed by atoms with Crippen LogP contribution in [0.25, 0.3) is 0 Å². The van der Waals surface area contributed by atoms with Gasteiger partial charge in [-0.1, -0.05) is 66.2 Å². The topological polar surface area (TPSA) is 38.7 Å². The molecule has 0 aliphatic heterocycles. The lowest BCUT2D eigenvalue weighted by molar-refractivity contribution is 0.294. The Labute approximate surface area is 182 Å². The second-order valence-corrected chi connectivity index (χ2v) is 21.3. The van der Waals surface area contributed by atoms with Gasteiger partial charge in [-0.25, -0.2) is 0 Å². The second kappa shape index (κ2) is 9.25. The van der Waals surface area contributed by atoms with Crippen LogP contribution in [-0.4, -0.2) is 35.0 Å². The largest absolute Gasteiger partial charge is 0.546 e. The molecule has 1 N–H and O–H groups in total. The molecule has 0 heterocycles. The molecule has 1 rings (SSSR count).